The fraction of sp³-hybridized carbons (Fsp3) is 0.444. The average molecular weight is 475 g/mol. The number of hydrogen-bond acceptors (Lipinski definition) is 8. The van der Waals surface area contributed by atoms with Gasteiger partial charge in [0.2, 0.25) is 0 Å². The van der Waals surface area contributed by atoms with Crippen LogP contribution in [-0.2, 0) is 13.1 Å². The van der Waals surface area contributed by atoms with Crippen LogP contribution >= 0.6 is 0 Å². The summed E-state index contributed by atoms with van der Waals surface area (Å²) in [6, 6.07) is 14.4. The Morgan fingerprint density at radius 3 is 1.37 bits per heavy atom. The van der Waals surface area contributed by atoms with Crippen LogP contribution in [0.5, 0.6) is 0 Å². The van der Waals surface area contributed by atoms with Gasteiger partial charge in [-0.05, 0) is 74.4 Å². The number of fused-ring (bicyclic) bond motifs is 2. The largest absolute Gasteiger partial charge is 0.315 e. The highest BCUT2D eigenvalue weighted by Crippen LogP contribution is 2.20. The van der Waals surface area contributed by atoms with Gasteiger partial charge < -0.3 is 26.6 Å². The van der Waals surface area contributed by atoms with Crippen molar-refractivity contribution in [2.45, 2.75) is 25.9 Å². The maximum absolute atomic E-state index is 4.82. The molecule has 5 N–H and O–H groups in total. The van der Waals surface area contributed by atoms with Gasteiger partial charge in [-0.15, -0.1) is 0 Å². The maximum atomic E-state index is 4.82. The van der Waals surface area contributed by atoms with Crippen LogP contribution in [0.4, 0.5) is 0 Å². The first-order valence-corrected chi connectivity index (χ1v) is 12.8. The van der Waals surface area contributed by atoms with E-state index in [0.717, 1.165) is 101 Å². The smallest absolute Gasteiger partial charge is 0.0894 e. The zero-order valence-corrected chi connectivity index (χ0v) is 20.5. The minimum absolute atomic E-state index is 0.820. The van der Waals surface area contributed by atoms with Crippen molar-refractivity contribution >= 4 is 0 Å². The summed E-state index contributed by atoms with van der Waals surface area (Å²) in [5.74, 6) is 0. The van der Waals surface area contributed by atoms with Crippen molar-refractivity contribution in [2.75, 3.05) is 52.4 Å². The molecule has 0 unspecified atom stereocenters. The Kier molecular flexibility index (Phi) is 10.6. The van der Waals surface area contributed by atoms with Crippen LogP contribution in [0, 0.1) is 0 Å². The Morgan fingerprint density at radius 2 is 0.914 bits per heavy atom. The van der Waals surface area contributed by atoms with Gasteiger partial charge in [0.15, 0.2) is 0 Å². The van der Waals surface area contributed by atoms with Crippen molar-refractivity contribution in [3.05, 3.63) is 66.0 Å². The lowest BCUT2D eigenvalue weighted by Gasteiger charge is -2.10. The van der Waals surface area contributed by atoms with E-state index in [0.29, 0.717) is 0 Å². The van der Waals surface area contributed by atoms with Gasteiger partial charge in [-0.3, -0.25) is 9.97 Å². The van der Waals surface area contributed by atoms with E-state index < -0.39 is 0 Å². The summed E-state index contributed by atoms with van der Waals surface area (Å²) in [7, 11) is 0. The van der Waals surface area contributed by atoms with Crippen LogP contribution in [0.1, 0.15) is 24.0 Å². The molecule has 0 atom stereocenters. The number of aromatic nitrogens is 3. The van der Waals surface area contributed by atoms with Crippen molar-refractivity contribution in [2.24, 2.45) is 0 Å². The van der Waals surface area contributed by atoms with E-state index in [1.165, 1.54) is 11.1 Å². The highest BCUT2D eigenvalue weighted by atomic mass is 15.0. The molecule has 3 aliphatic rings. The lowest BCUT2D eigenvalue weighted by molar-refractivity contribution is 0.550. The van der Waals surface area contributed by atoms with Gasteiger partial charge in [0.1, 0.15) is 0 Å². The lowest BCUT2D eigenvalue weighted by atomic mass is 10.1. The van der Waals surface area contributed by atoms with Gasteiger partial charge >= 0.3 is 0 Å². The second-order valence-corrected chi connectivity index (χ2v) is 8.82. The van der Waals surface area contributed by atoms with Crippen molar-refractivity contribution < 1.29 is 0 Å². The molecular formula is C27H38N8. The summed E-state index contributed by atoms with van der Waals surface area (Å²) in [5.41, 5.74) is 5.81. The van der Waals surface area contributed by atoms with E-state index in [4.69, 9.17) is 4.98 Å². The van der Waals surface area contributed by atoms with E-state index in [-0.39, 0.29) is 0 Å². The number of rotatable bonds is 0. The molecule has 3 aromatic rings. The van der Waals surface area contributed by atoms with Gasteiger partial charge in [-0.25, -0.2) is 4.98 Å². The highest BCUT2D eigenvalue weighted by molar-refractivity contribution is 5.61. The lowest BCUT2D eigenvalue weighted by Crippen LogP contribution is -2.34. The van der Waals surface area contributed by atoms with Crippen molar-refractivity contribution in [1.82, 2.24) is 41.5 Å². The van der Waals surface area contributed by atoms with E-state index in [1.807, 2.05) is 42.7 Å². The second-order valence-electron chi connectivity index (χ2n) is 8.82. The molecule has 186 valence electrons. The first-order chi connectivity index (χ1) is 17.4. The van der Waals surface area contributed by atoms with E-state index in [9.17, 15) is 0 Å². The minimum atomic E-state index is 0.820. The molecule has 3 aliphatic heterocycles. The van der Waals surface area contributed by atoms with Gasteiger partial charge in [0.25, 0.3) is 0 Å². The van der Waals surface area contributed by atoms with Gasteiger partial charge in [-0.2, -0.15) is 0 Å². The van der Waals surface area contributed by atoms with Crippen molar-refractivity contribution in [3.63, 3.8) is 0 Å². The summed E-state index contributed by atoms with van der Waals surface area (Å²) in [5, 5.41) is 17.5. The van der Waals surface area contributed by atoms with Crippen molar-refractivity contribution in [3.8, 4) is 22.8 Å². The molecule has 0 saturated carbocycles. The molecule has 35 heavy (non-hydrogen) atoms. The predicted octanol–water partition coefficient (Wildman–Crippen LogP) is 1.95. The topological polar surface area (TPSA) is 98.8 Å². The number of nitrogens with zero attached hydrogens (tertiary/aromatic N) is 3. The predicted molar refractivity (Wildman–Crippen MR) is 142 cm³/mol. The van der Waals surface area contributed by atoms with Gasteiger partial charge in [0.05, 0.1) is 22.8 Å². The Morgan fingerprint density at radius 1 is 0.457 bits per heavy atom. The SMILES string of the molecule is c1cc2nc(c1)-c1ccc(cn1)CNCCCNCCNCCNCCCNCc1ccc-2nc1. The fourth-order valence-corrected chi connectivity index (χ4v) is 3.95. The molecular weight excluding hydrogens is 436 g/mol. The van der Waals surface area contributed by atoms with E-state index in [2.05, 4.69) is 48.7 Å². The summed E-state index contributed by atoms with van der Waals surface area (Å²) in [6.45, 7) is 9.65. The molecule has 3 aromatic heterocycles. The molecule has 0 amide bonds. The Balaban J connectivity index is 1.38. The summed E-state index contributed by atoms with van der Waals surface area (Å²) in [6.07, 6.45) is 6.08. The van der Waals surface area contributed by atoms with Crippen LogP contribution in [0.15, 0.2) is 54.9 Å². The molecule has 0 saturated heterocycles. The van der Waals surface area contributed by atoms with Crippen molar-refractivity contribution in [1.29, 1.82) is 0 Å². The van der Waals surface area contributed by atoms with Gasteiger partial charge in [-0.1, -0.05) is 18.2 Å². The second kappa shape index (κ2) is 14.6. The summed E-state index contributed by atoms with van der Waals surface area (Å²) in [4.78, 5) is 14.1. The van der Waals surface area contributed by atoms with Gasteiger partial charge in [0, 0.05) is 51.7 Å². The van der Waals surface area contributed by atoms with E-state index in [1.54, 1.807) is 0 Å². The zero-order chi connectivity index (χ0) is 24.0. The molecule has 0 radical (unpaired) electrons. The highest BCUT2D eigenvalue weighted by Gasteiger charge is 2.06. The molecule has 6 rings (SSSR count). The first kappa shape index (κ1) is 25.3. The maximum Gasteiger partial charge on any atom is 0.0894 e. The van der Waals surface area contributed by atoms with E-state index >= 15 is 0 Å². The molecule has 0 fully saturated rings. The third-order valence-corrected chi connectivity index (χ3v) is 5.95. The van der Waals surface area contributed by atoms with Crippen LogP contribution < -0.4 is 26.6 Å². The average Bonchev–Trinajstić information content (AvgIpc) is 2.91. The number of nitrogens with one attached hydrogen (secondary N) is 5. The fourth-order valence-electron chi connectivity index (χ4n) is 3.95. The van der Waals surface area contributed by atoms with Crippen LogP contribution in [0.25, 0.3) is 22.8 Å². The monoisotopic (exact) mass is 474 g/mol. The number of hydrogen-bond donors (Lipinski definition) is 5. The normalized spacial score (nSPS) is 17.5. The summed E-state index contributed by atoms with van der Waals surface area (Å²) >= 11 is 0. The molecule has 0 aliphatic carbocycles. The molecule has 8 heteroatoms. The Bertz CT molecular complexity index is 914. The van der Waals surface area contributed by atoms with Crippen LogP contribution in [-0.4, -0.2) is 67.3 Å². The molecule has 6 heterocycles. The van der Waals surface area contributed by atoms with Crippen LogP contribution in [0.3, 0.4) is 0 Å². The Hall–Kier alpha value is -2.75. The zero-order valence-electron chi connectivity index (χ0n) is 20.5. The molecule has 0 spiro atoms. The molecule has 0 aromatic carbocycles. The third-order valence-electron chi connectivity index (χ3n) is 5.95. The first-order valence-electron chi connectivity index (χ1n) is 12.8. The third kappa shape index (κ3) is 8.76. The quantitative estimate of drug-likeness (QED) is 0.337. The number of pyridine rings is 3. The minimum Gasteiger partial charge on any atom is -0.315 e. The van der Waals surface area contributed by atoms with Crippen LogP contribution in [0.2, 0.25) is 0 Å². The Labute approximate surface area is 208 Å². The molecule has 6 bridgehead atoms. The molecule has 8 nitrogen and oxygen atoms in total. The standard InChI is InChI=1S/C27H38N8/c1-4-26-24-8-6-22(20-33-24)18-31-12-2-10-28-14-16-30-17-15-29-11-3-13-32-19-23-7-9-25(34-21-23)27(5-1)35-26/h1,4-9,20-21,28-32H,2-3,10-19H2. The summed E-state index contributed by atoms with van der Waals surface area (Å²) < 4.78 is 0.